The van der Waals surface area contributed by atoms with E-state index in [1.807, 2.05) is 76.3 Å². The summed E-state index contributed by atoms with van der Waals surface area (Å²) < 4.78 is 24.0. The summed E-state index contributed by atoms with van der Waals surface area (Å²) in [6.45, 7) is 11.4. The van der Waals surface area contributed by atoms with Gasteiger partial charge >= 0.3 is 5.97 Å². The van der Waals surface area contributed by atoms with Gasteiger partial charge in [-0.05, 0) is 139 Å². The number of benzene rings is 1. The number of cyclic esters (lactones) is 1. The van der Waals surface area contributed by atoms with Crippen LogP contribution in [0.3, 0.4) is 0 Å². The summed E-state index contributed by atoms with van der Waals surface area (Å²) in [7, 11) is 3.01. The summed E-state index contributed by atoms with van der Waals surface area (Å²) in [4.78, 5) is 58.4. The molecule has 15 atom stereocenters. The molecule has 2 bridgehead atoms. The molecule has 3 heterocycles. The normalized spacial score (nSPS) is 38.2. The predicted molar refractivity (Wildman–Crippen MR) is 272 cm³/mol. The van der Waals surface area contributed by atoms with Crippen LogP contribution in [0, 0.1) is 29.6 Å². The number of methoxy groups -OCH3 is 2. The Bertz CT molecular complexity index is 2040. The van der Waals surface area contributed by atoms with Crippen molar-refractivity contribution >= 4 is 40.7 Å². The van der Waals surface area contributed by atoms with Gasteiger partial charge in [-0.2, -0.15) is 0 Å². The largest absolute Gasteiger partial charge is 0.461 e. The van der Waals surface area contributed by atoms with Crippen molar-refractivity contribution in [3.63, 3.8) is 0 Å². The van der Waals surface area contributed by atoms with Crippen LogP contribution in [0.1, 0.15) is 125 Å². The van der Waals surface area contributed by atoms with E-state index in [2.05, 4.69) is 5.32 Å². The molecule has 4 aliphatic rings. The van der Waals surface area contributed by atoms with Gasteiger partial charge < -0.3 is 50.2 Å². The third-order valence-corrected chi connectivity index (χ3v) is 15.5. The number of anilines is 1. The molecule has 15 heteroatoms. The van der Waals surface area contributed by atoms with Gasteiger partial charge in [0.15, 0.2) is 5.78 Å². The van der Waals surface area contributed by atoms with Crippen LogP contribution in [-0.2, 0) is 38.1 Å². The fraction of sp³-hybridized carbons (Fsp3) is 0.673. The van der Waals surface area contributed by atoms with Crippen LogP contribution in [-0.4, -0.2) is 125 Å². The zero-order valence-corrected chi connectivity index (χ0v) is 43.5. The lowest BCUT2D eigenvalue weighted by Crippen LogP contribution is -2.61. The smallest absolute Gasteiger partial charge is 0.329 e. The topological polar surface area (TPSA) is 207 Å². The Labute approximate surface area is 421 Å². The quantitative estimate of drug-likeness (QED) is 0.101. The number of nitrogens with zero attached hydrogens (tertiary/aromatic N) is 1. The molecule has 0 unspecified atom stereocenters. The summed E-state index contributed by atoms with van der Waals surface area (Å²) in [6.07, 6.45) is 13.7. The third kappa shape index (κ3) is 15.4. The van der Waals surface area contributed by atoms with Gasteiger partial charge in [0.1, 0.15) is 24.4 Å². The third-order valence-electron chi connectivity index (χ3n) is 15.3. The second kappa shape index (κ2) is 26.8. The van der Waals surface area contributed by atoms with E-state index in [4.69, 9.17) is 36.3 Å². The van der Waals surface area contributed by atoms with Gasteiger partial charge in [0.2, 0.25) is 5.79 Å². The Hall–Kier alpha value is -3.73. The number of rotatable bonds is 7. The summed E-state index contributed by atoms with van der Waals surface area (Å²) in [5.74, 6) is -6.46. The maximum Gasteiger partial charge on any atom is 0.329 e. The number of amides is 1. The van der Waals surface area contributed by atoms with Gasteiger partial charge in [-0.15, -0.1) is 0 Å². The van der Waals surface area contributed by atoms with Crippen molar-refractivity contribution in [2.75, 3.05) is 26.1 Å². The number of ether oxygens (including phenoxy) is 4. The summed E-state index contributed by atoms with van der Waals surface area (Å²) >= 11 is 6.38. The zero-order valence-electron chi connectivity index (χ0n) is 42.8. The SMILES string of the molecule is CO[C@@H]1C[C@H](C[C@@H](C)[C@@H]2CC[C@H](N)/C=C(\C)[C@@H](O)[C@@H](OC)C(=O)[C@H](C)C[C@H](C)/C=C/C=C/C=C(\C)[C@@H](Nc3cccc(Cl)c3)C[C@@H]3CC[C@@H](C)[C@@](O)(O3)C(=O)C(=O)N3CCCC[C@H]3C(=O)O2)CC[C@H]1O. The number of aliphatic hydroxyl groups excluding tert-OH is 2. The molecule has 2 saturated heterocycles. The molecular weight excluding hydrogens is 914 g/mol. The highest BCUT2D eigenvalue weighted by Gasteiger charge is 2.53. The van der Waals surface area contributed by atoms with Crippen molar-refractivity contribution in [3.8, 4) is 0 Å². The average molecular weight is 997 g/mol. The summed E-state index contributed by atoms with van der Waals surface area (Å²) in [6, 6.07) is 5.36. The highest BCUT2D eigenvalue weighted by molar-refractivity contribution is 6.39. The lowest BCUT2D eigenvalue weighted by atomic mass is 9.78. The number of carbonyl (C=O) groups excluding carboxylic acids is 4. The number of allylic oxidation sites excluding steroid dienone is 5. The van der Waals surface area contributed by atoms with Gasteiger partial charge in [-0.3, -0.25) is 14.4 Å². The number of ketones is 2. The molecular formula is C55H82ClN3O11. The maximum absolute atomic E-state index is 14.5. The second-order valence-corrected chi connectivity index (χ2v) is 21.3. The van der Waals surface area contributed by atoms with E-state index in [0.717, 1.165) is 17.7 Å². The van der Waals surface area contributed by atoms with Gasteiger partial charge in [-0.1, -0.05) is 87.4 Å². The Balaban J connectivity index is 1.48. The molecule has 0 spiro atoms. The molecule has 6 N–H and O–H groups in total. The van der Waals surface area contributed by atoms with Crippen LogP contribution >= 0.6 is 11.6 Å². The molecule has 5 rings (SSSR count). The number of hydrogen-bond acceptors (Lipinski definition) is 13. The monoisotopic (exact) mass is 996 g/mol. The van der Waals surface area contributed by atoms with Crippen molar-refractivity contribution in [1.82, 2.24) is 4.90 Å². The van der Waals surface area contributed by atoms with E-state index in [0.29, 0.717) is 81.2 Å². The number of fused-ring (bicyclic) bond motifs is 3. The number of halogens is 1. The van der Waals surface area contributed by atoms with Gasteiger partial charge in [0.25, 0.3) is 11.7 Å². The van der Waals surface area contributed by atoms with Crippen LogP contribution in [0.25, 0.3) is 0 Å². The predicted octanol–water partition coefficient (Wildman–Crippen LogP) is 7.81. The zero-order chi connectivity index (χ0) is 51.3. The van der Waals surface area contributed by atoms with Crippen LogP contribution in [0.5, 0.6) is 0 Å². The Kier molecular flexibility index (Phi) is 21.9. The first-order valence-electron chi connectivity index (χ1n) is 25.6. The molecule has 3 aliphatic heterocycles. The molecule has 1 aliphatic carbocycles. The van der Waals surface area contributed by atoms with E-state index >= 15 is 0 Å². The lowest BCUT2D eigenvalue weighted by molar-refractivity contribution is -0.263. The lowest BCUT2D eigenvalue weighted by Gasteiger charge is -2.43. The summed E-state index contributed by atoms with van der Waals surface area (Å²) in [5.41, 5.74) is 8.88. The van der Waals surface area contributed by atoms with Crippen LogP contribution in [0.2, 0.25) is 5.02 Å². The molecule has 0 radical (unpaired) electrons. The van der Waals surface area contributed by atoms with E-state index in [1.165, 1.54) is 12.0 Å². The number of nitrogens with two attached hydrogens (primary N) is 1. The van der Waals surface area contributed by atoms with Gasteiger partial charge in [0, 0.05) is 55.4 Å². The highest BCUT2D eigenvalue weighted by atomic mass is 35.5. The number of hydrogen-bond donors (Lipinski definition) is 5. The molecule has 70 heavy (non-hydrogen) atoms. The number of aliphatic hydroxyl groups is 3. The van der Waals surface area contributed by atoms with Gasteiger partial charge in [-0.25, -0.2) is 4.79 Å². The van der Waals surface area contributed by atoms with Crippen LogP contribution in [0.15, 0.2) is 71.9 Å². The minimum atomic E-state index is -2.43. The fourth-order valence-electron chi connectivity index (χ4n) is 10.8. The molecule has 1 aromatic carbocycles. The molecule has 1 amide bonds. The first-order chi connectivity index (χ1) is 33.3. The minimum absolute atomic E-state index is 0.0251. The number of esters is 1. The number of piperidine rings is 1. The van der Waals surface area contributed by atoms with Crippen molar-refractivity contribution in [3.05, 3.63) is 76.9 Å². The Morgan fingerprint density at radius 1 is 0.914 bits per heavy atom. The first kappa shape index (κ1) is 57.2. The van der Waals surface area contributed by atoms with Crippen molar-refractivity contribution in [2.24, 2.45) is 35.3 Å². The Morgan fingerprint density at radius 2 is 1.67 bits per heavy atom. The summed E-state index contributed by atoms with van der Waals surface area (Å²) in [5, 5.41) is 38.3. The number of carbonyl (C=O) groups is 4. The fourth-order valence-corrected chi connectivity index (χ4v) is 11.0. The Morgan fingerprint density at radius 3 is 2.39 bits per heavy atom. The second-order valence-electron chi connectivity index (χ2n) is 20.9. The molecule has 390 valence electrons. The number of Topliss-reactive ketones (excluding diaryl/α,β-unsaturated/α-hetero) is 2. The van der Waals surface area contributed by atoms with E-state index in [-0.39, 0.29) is 48.6 Å². The number of nitrogens with one attached hydrogen (secondary N) is 1. The van der Waals surface area contributed by atoms with Crippen LogP contribution < -0.4 is 11.1 Å². The standard InChI is InChI=1S/C55H82ClN3O11/c1-33-15-10-9-11-16-34(2)44(58-42-18-14-17-40(56)31-42)32-43-23-20-38(6)55(66,70-43)52(63)53(64)59-26-13-12-19-45(59)54(65)69-47(35(3)28-39-21-24-46(60)48(30-39)67-7)25-22-41(57)29-37(5)50(62)51(68-8)49(61)36(4)27-33/h9-11,14-18,29,31,33,35-36,38-39,41,43-48,50-51,58,60,62,66H,12-13,19-28,30,32,57H2,1-8H3/b11-9+,15-10+,34-16+,37-29+/t33-,35-,36-,38-,39+,41+,43+,44+,45+,46-,47+,48-,50-,51+,55-/m1/s1. The van der Waals surface area contributed by atoms with E-state index in [9.17, 15) is 34.5 Å². The average Bonchev–Trinajstić information content (AvgIpc) is 3.33. The maximum atomic E-state index is 14.5. The highest BCUT2D eigenvalue weighted by Crippen LogP contribution is 2.38. The molecule has 14 nitrogen and oxygen atoms in total. The van der Waals surface area contributed by atoms with Crippen LogP contribution in [0.4, 0.5) is 5.69 Å². The molecule has 0 aromatic heterocycles. The molecule has 1 saturated carbocycles. The molecule has 3 fully saturated rings. The van der Waals surface area contributed by atoms with E-state index in [1.54, 1.807) is 33.1 Å². The minimum Gasteiger partial charge on any atom is -0.461 e. The van der Waals surface area contributed by atoms with Crippen molar-refractivity contribution < 1.29 is 53.4 Å². The first-order valence-corrected chi connectivity index (χ1v) is 26.0. The van der Waals surface area contributed by atoms with Gasteiger partial charge in [0.05, 0.1) is 18.3 Å². The van der Waals surface area contributed by atoms with Crippen molar-refractivity contribution in [2.45, 2.75) is 186 Å². The van der Waals surface area contributed by atoms with E-state index < -0.39 is 77.9 Å². The van der Waals surface area contributed by atoms with Crippen molar-refractivity contribution in [1.29, 1.82) is 0 Å². The molecule has 1 aromatic rings.